The average molecular weight is 494 g/mol. The first-order valence-corrected chi connectivity index (χ1v) is 11.2. The summed E-state index contributed by atoms with van der Waals surface area (Å²) in [6.07, 6.45) is 3.10. The molecule has 10 heteroatoms. The highest BCUT2D eigenvalue weighted by Crippen LogP contribution is 2.36. The Kier molecular flexibility index (Phi) is 5.63. The van der Waals surface area contributed by atoms with Crippen LogP contribution in [-0.4, -0.2) is 50.7 Å². The molecule has 1 aliphatic heterocycles. The molecule has 0 saturated carbocycles. The van der Waals surface area contributed by atoms with E-state index in [4.69, 9.17) is 4.74 Å². The molecule has 1 N–H and O–H groups in total. The zero-order valence-electron chi connectivity index (χ0n) is 16.8. The van der Waals surface area contributed by atoms with Crippen LogP contribution < -0.4 is 5.32 Å². The minimum absolute atomic E-state index is 0.00614. The van der Waals surface area contributed by atoms with Gasteiger partial charge in [-0.15, -0.1) is 11.3 Å². The quantitative estimate of drug-likeness (QED) is 0.548. The van der Waals surface area contributed by atoms with E-state index in [1.807, 2.05) is 26.2 Å². The van der Waals surface area contributed by atoms with Gasteiger partial charge in [0.1, 0.15) is 16.9 Å². The lowest BCUT2D eigenvalue weighted by Gasteiger charge is -2.24. The number of nitrogens with one attached hydrogen (secondary N) is 1. The molecule has 1 aliphatic rings. The number of carbonyl (C=O) groups is 1. The van der Waals surface area contributed by atoms with Crippen LogP contribution in [0, 0.1) is 5.82 Å². The lowest BCUT2D eigenvalue weighted by molar-refractivity contribution is 0.0293. The molecule has 0 radical (unpaired) electrons. The number of likely N-dealkylation sites (tertiary alicyclic amines) is 1. The smallest absolute Gasteiger partial charge is 0.410 e. The van der Waals surface area contributed by atoms with Crippen LogP contribution in [0.5, 0.6) is 0 Å². The molecule has 3 aromatic rings. The van der Waals surface area contributed by atoms with Crippen molar-refractivity contribution in [3.8, 4) is 11.4 Å². The van der Waals surface area contributed by atoms with Crippen molar-refractivity contribution in [1.82, 2.24) is 19.9 Å². The van der Waals surface area contributed by atoms with Crippen LogP contribution in [0.3, 0.4) is 0 Å². The molecule has 7 nitrogen and oxygen atoms in total. The summed E-state index contributed by atoms with van der Waals surface area (Å²) in [5.74, 6) is 0.426. The molecule has 158 valence electrons. The number of pyridine rings is 1. The molecule has 4 heterocycles. The molecule has 1 unspecified atom stereocenters. The number of nitrogens with zero attached hydrogens (tertiary/aromatic N) is 4. The van der Waals surface area contributed by atoms with Gasteiger partial charge in [0, 0.05) is 30.7 Å². The van der Waals surface area contributed by atoms with E-state index in [0.29, 0.717) is 24.4 Å². The number of fused-ring (bicyclic) bond motifs is 1. The largest absolute Gasteiger partial charge is 0.444 e. The predicted molar refractivity (Wildman–Crippen MR) is 118 cm³/mol. The third kappa shape index (κ3) is 4.39. The van der Waals surface area contributed by atoms with Gasteiger partial charge in [-0.05, 0) is 49.2 Å². The van der Waals surface area contributed by atoms with Crippen molar-refractivity contribution in [2.45, 2.75) is 38.8 Å². The van der Waals surface area contributed by atoms with Gasteiger partial charge in [0.05, 0.1) is 20.9 Å². The second-order valence-electron chi connectivity index (χ2n) is 8.07. The van der Waals surface area contributed by atoms with Gasteiger partial charge in [-0.25, -0.2) is 19.2 Å². The third-order valence-corrected chi connectivity index (χ3v) is 6.45. The summed E-state index contributed by atoms with van der Waals surface area (Å²) in [6, 6.07) is 1.56. The summed E-state index contributed by atoms with van der Waals surface area (Å²) in [5, 5.41) is 5.35. The summed E-state index contributed by atoms with van der Waals surface area (Å²) in [5.41, 5.74) is 0.467. The number of halogens is 2. The lowest BCUT2D eigenvalue weighted by Crippen LogP contribution is -2.36. The van der Waals surface area contributed by atoms with Gasteiger partial charge in [0.2, 0.25) is 0 Å². The van der Waals surface area contributed by atoms with Crippen LogP contribution in [0.2, 0.25) is 0 Å². The highest BCUT2D eigenvalue weighted by Gasteiger charge is 2.30. The van der Waals surface area contributed by atoms with E-state index in [1.165, 1.54) is 17.5 Å². The SMILES string of the molecule is CC(C)(C)OC(=O)N1CCC(Nc2nc(-c3ccncc3F)nc3c(Br)csc23)C1. The maximum absolute atomic E-state index is 14.3. The number of anilines is 1. The molecule has 0 aliphatic carbocycles. The number of amides is 1. The van der Waals surface area contributed by atoms with Crippen molar-refractivity contribution in [3.05, 3.63) is 34.1 Å². The standard InChI is InChI=1S/C20H21BrFN5O2S/c1-20(2,3)29-19(28)27-7-5-11(9-27)24-18-16-15(13(21)10-30-16)25-17(26-18)12-4-6-23-8-14(12)22/h4,6,8,10-11H,5,7,9H2,1-3H3,(H,24,25,26). The predicted octanol–water partition coefficient (Wildman–Crippen LogP) is 5.08. The molecule has 1 saturated heterocycles. The third-order valence-electron chi connectivity index (χ3n) is 4.57. The van der Waals surface area contributed by atoms with E-state index in [0.717, 1.165) is 21.8 Å². The van der Waals surface area contributed by atoms with E-state index in [1.54, 1.807) is 11.0 Å². The maximum Gasteiger partial charge on any atom is 0.410 e. The van der Waals surface area contributed by atoms with E-state index < -0.39 is 11.4 Å². The van der Waals surface area contributed by atoms with Crippen molar-refractivity contribution in [1.29, 1.82) is 0 Å². The summed E-state index contributed by atoms with van der Waals surface area (Å²) >= 11 is 5.01. The van der Waals surface area contributed by atoms with Gasteiger partial charge in [-0.2, -0.15) is 0 Å². The minimum Gasteiger partial charge on any atom is -0.444 e. The summed E-state index contributed by atoms with van der Waals surface area (Å²) in [7, 11) is 0. The highest BCUT2D eigenvalue weighted by atomic mass is 79.9. The fourth-order valence-corrected chi connectivity index (χ4v) is 4.74. The Balaban J connectivity index is 1.60. The zero-order valence-corrected chi connectivity index (χ0v) is 19.2. The first kappa shape index (κ1) is 20.9. The first-order valence-electron chi connectivity index (χ1n) is 9.50. The molecule has 1 fully saturated rings. The number of ether oxygens (including phenoxy) is 1. The summed E-state index contributed by atoms with van der Waals surface area (Å²) in [6.45, 7) is 6.65. The number of hydrogen-bond donors (Lipinski definition) is 1. The lowest BCUT2D eigenvalue weighted by atomic mass is 10.2. The number of rotatable bonds is 3. The fourth-order valence-electron chi connectivity index (χ4n) is 3.23. The van der Waals surface area contributed by atoms with Gasteiger partial charge in [-0.3, -0.25) is 4.98 Å². The molecule has 0 aromatic carbocycles. The number of carbonyl (C=O) groups excluding carboxylic acids is 1. The zero-order chi connectivity index (χ0) is 21.5. The van der Waals surface area contributed by atoms with E-state index in [2.05, 4.69) is 36.2 Å². The van der Waals surface area contributed by atoms with Crippen molar-refractivity contribution in [2.75, 3.05) is 18.4 Å². The van der Waals surface area contributed by atoms with Crippen molar-refractivity contribution >= 4 is 49.4 Å². The molecular formula is C20H21BrFN5O2S. The van der Waals surface area contributed by atoms with Gasteiger partial charge < -0.3 is 15.0 Å². The normalized spacial score (nSPS) is 16.8. The van der Waals surface area contributed by atoms with E-state index in [-0.39, 0.29) is 23.5 Å². The van der Waals surface area contributed by atoms with Crippen molar-refractivity contribution in [3.63, 3.8) is 0 Å². The van der Waals surface area contributed by atoms with E-state index >= 15 is 0 Å². The topological polar surface area (TPSA) is 80.2 Å². The Hall–Kier alpha value is -2.33. The molecule has 30 heavy (non-hydrogen) atoms. The number of hydrogen-bond acceptors (Lipinski definition) is 7. The Morgan fingerprint density at radius 3 is 2.93 bits per heavy atom. The highest BCUT2D eigenvalue weighted by molar-refractivity contribution is 9.10. The molecule has 3 aromatic heterocycles. The Labute approximate surface area is 185 Å². The van der Waals surface area contributed by atoms with Crippen LogP contribution in [0.25, 0.3) is 21.6 Å². The number of aromatic nitrogens is 3. The van der Waals surface area contributed by atoms with Crippen LogP contribution in [0.4, 0.5) is 15.0 Å². The summed E-state index contributed by atoms with van der Waals surface area (Å²) < 4.78 is 21.4. The first-order chi connectivity index (χ1) is 14.2. The average Bonchev–Trinajstić information content (AvgIpc) is 3.28. The second-order valence-corrected chi connectivity index (χ2v) is 9.80. The Bertz CT molecular complexity index is 1100. The van der Waals surface area contributed by atoms with Gasteiger partial charge in [-0.1, -0.05) is 0 Å². The molecule has 0 spiro atoms. The van der Waals surface area contributed by atoms with Crippen LogP contribution in [0.1, 0.15) is 27.2 Å². The molecular weight excluding hydrogens is 473 g/mol. The van der Waals surface area contributed by atoms with Gasteiger partial charge >= 0.3 is 6.09 Å². The van der Waals surface area contributed by atoms with Crippen LogP contribution in [-0.2, 0) is 4.74 Å². The molecule has 0 bridgehead atoms. The second kappa shape index (κ2) is 8.07. The van der Waals surface area contributed by atoms with Crippen molar-refractivity contribution in [2.24, 2.45) is 0 Å². The van der Waals surface area contributed by atoms with Crippen molar-refractivity contribution < 1.29 is 13.9 Å². The molecule has 1 amide bonds. The Morgan fingerprint density at radius 1 is 1.40 bits per heavy atom. The number of thiophene rings is 1. The maximum atomic E-state index is 14.3. The van der Waals surface area contributed by atoms with Gasteiger partial charge in [0.25, 0.3) is 0 Å². The monoisotopic (exact) mass is 493 g/mol. The fraction of sp³-hybridized carbons (Fsp3) is 0.400. The summed E-state index contributed by atoms with van der Waals surface area (Å²) in [4.78, 5) is 27.0. The molecule has 4 rings (SSSR count). The van der Waals surface area contributed by atoms with E-state index in [9.17, 15) is 9.18 Å². The van der Waals surface area contributed by atoms with Gasteiger partial charge in [0.15, 0.2) is 11.6 Å². The van der Waals surface area contributed by atoms with Crippen LogP contribution >= 0.6 is 27.3 Å². The molecule has 1 atom stereocenters. The van der Waals surface area contributed by atoms with Crippen LogP contribution in [0.15, 0.2) is 28.3 Å². The minimum atomic E-state index is -0.534. The Morgan fingerprint density at radius 2 is 2.20 bits per heavy atom.